The Hall–Kier alpha value is -2.34. The molecule has 2 rings (SSSR count). The second-order valence-corrected chi connectivity index (χ2v) is 4.81. The molecule has 2 aromatic rings. The highest BCUT2D eigenvalue weighted by Gasteiger charge is 2.14. The largest absolute Gasteiger partial charge is 0.445 e. The van der Waals surface area contributed by atoms with Gasteiger partial charge in [-0.05, 0) is 17.5 Å². The molecule has 1 amide bonds. The van der Waals surface area contributed by atoms with E-state index in [1.54, 1.807) is 10.9 Å². The highest BCUT2D eigenvalue weighted by molar-refractivity contribution is 5.67. The Morgan fingerprint density at radius 1 is 1.38 bits per heavy atom. The number of nitrogens with one attached hydrogen (secondary N) is 1. The van der Waals surface area contributed by atoms with E-state index in [1.165, 1.54) is 0 Å². The number of aromatic nitrogens is 2. The molecule has 0 radical (unpaired) electrons. The minimum Gasteiger partial charge on any atom is -0.445 e. The maximum absolute atomic E-state index is 11.7. The first-order chi connectivity index (χ1) is 10.2. The van der Waals surface area contributed by atoms with E-state index in [1.807, 2.05) is 43.6 Å². The number of amides is 1. The van der Waals surface area contributed by atoms with E-state index >= 15 is 0 Å². The highest BCUT2D eigenvalue weighted by Crippen LogP contribution is 2.03. The van der Waals surface area contributed by atoms with Crippen LogP contribution < -0.4 is 5.32 Å². The van der Waals surface area contributed by atoms with Crippen LogP contribution in [0.3, 0.4) is 0 Å². The van der Waals surface area contributed by atoms with Crippen LogP contribution in [-0.2, 0) is 24.8 Å². The summed E-state index contributed by atoms with van der Waals surface area (Å²) in [5, 5.41) is 16.0. The van der Waals surface area contributed by atoms with Gasteiger partial charge in [0.25, 0.3) is 0 Å². The number of rotatable bonds is 6. The molecule has 1 aromatic heterocycles. The van der Waals surface area contributed by atoms with Crippen molar-refractivity contribution >= 4 is 6.09 Å². The first kappa shape index (κ1) is 15.1. The minimum absolute atomic E-state index is 0.157. The minimum atomic E-state index is -0.540. The third-order valence-corrected chi connectivity index (χ3v) is 3.00. The van der Waals surface area contributed by atoms with E-state index < -0.39 is 12.1 Å². The summed E-state index contributed by atoms with van der Waals surface area (Å²) in [5.41, 5.74) is 1.86. The first-order valence-corrected chi connectivity index (χ1v) is 6.73. The summed E-state index contributed by atoms with van der Waals surface area (Å²) < 4.78 is 6.80. The van der Waals surface area contributed by atoms with Crippen LogP contribution in [0.1, 0.15) is 11.1 Å². The molecule has 1 heterocycles. The van der Waals surface area contributed by atoms with E-state index in [0.29, 0.717) is 6.42 Å². The van der Waals surface area contributed by atoms with Crippen LogP contribution in [0.15, 0.2) is 42.7 Å². The van der Waals surface area contributed by atoms with E-state index in [-0.39, 0.29) is 13.2 Å². The van der Waals surface area contributed by atoms with Gasteiger partial charge in [0, 0.05) is 13.2 Å². The number of aliphatic hydroxyl groups is 1. The van der Waals surface area contributed by atoms with Gasteiger partial charge in [-0.15, -0.1) is 0 Å². The van der Waals surface area contributed by atoms with Crippen molar-refractivity contribution in [2.45, 2.75) is 19.1 Å². The maximum Gasteiger partial charge on any atom is 0.407 e. The van der Waals surface area contributed by atoms with Gasteiger partial charge in [0.15, 0.2) is 0 Å². The van der Waals surface area contributed by atoms with Gasteiger partial charge in [-0.3, -0.25) is 4.68 Å². The van der Waals surface area contributed by atoms with Crippen LogP contribution in [0.4, 0.5) is 4.79 Å². The standard InChI is InChI=1S/C15H19N3O3/c1-18-9-13(8-16-18)7-14(10-19)17-15(20)21-11-12-5-3-2-4-6-12/h2-6,8-9,14,19H,7,10-11H2,1H3,(H,17,20). The molecule has 0 bridgehead atoms. The van der Waals surface area contributed by atoms with Crippen molar-refractivity contribution in [1.29, 1.82) is 0 Å². The molecule has 6 heteroatoms. The zero-order valence-electron chi connectivity index (χ0n) is 11.9. The second kappa shape index (κ2) is 7.44. The zero-order chi connectivity index (χ0) is 15.1. The zero-order valence-corrected chi connectivity index (χ0v) is 11.9. The van der Waals surface area contributed by atoms with Crippen LogP contribution in [0, 0.1) is 0 Å². The highest BCUT2D eigenvalue weighted by atomic mass is 16.5. The SMILES string of the molecule is Cn1cc(CC(CO)NC(=O)OCc2ccccc2)cn1. The number of benzene rings is 1. The summed E-state index contributed by atoms with van der Waals surface area (Å²) in [7, 11) is 1.82. The lowest BCUT2D eigenvalue weighted by molar-refractivity contribution is 0.129. The summed E-state index contributed by atoms with van der Waals surface area (Å²) in [6, 6.07) is 9.04. The Kier molecular flexibility index (Phi) is 5.34. The van der Waals surface area contributed by atoms with Gasteiger partial charge < -0.3 is 15.2 Å². The Morgan fingerprint density at radius 2 is 2.14 bits per heavy atom. The lowest BCUT2D eigenvalue weighted by Gasteiger charge is -2.15. The molecule has 1 aromatic carbocycles. The molecule has 0 aliphatic heterocycles. The molecule has 0 spiro atoms. The molecule has 0 saturated carbocycles. The van der Waals surface area contributed by atoms with Gasteiger partial charge in [0.1, 0.15) is 6.61 Å². The first-order valence-electron chi connectivity index (χ1n) is 6.73. The number of hydrogen-bond donors (Lipinski definition) is 2. The fraction of sp³-hybridized carbons (Fsp3) is 0.333. The van der Waals surface area contributed by atoms with Crippen molar-refractivity contribution < 1.29 is 14.6 Å². The fourth-order valence-corrected chi connectivity index (χ4v) is 1.95. The van der Waals surface area contributed by atoms with Gasteiger partial charge >= 0.3 is 6.09 Å². The number of hydrogen-bond acceptors (Lipinski definition) is 4. The van der Waals surface area contributed by atoms with E-state index in [2.05, 4.69) is 10.4 Å². The van der Waals surface area contributed by atoms with Crippen molar-refractivity contribution in [1.82, 2.24) is 15.1 Å². The van der Waals surface area contributed by atoms with Crippen LogP contribution in [-0.4, -0.2) is 33.6 Å². The molecule has 0 aliphatic carbocycles. The van der Waals surface area contributed by atoms with Gasteiger partial charge in [0.05, 0.1) is 18.8 Å². The number of carbonyl (C=O) groups excluding carboxylic acids is 1. The third-order valence-electron chi connectivity index (χ3n) is 3.00. The predicted octanol–water partition coefficient (Wildman–Crippen LogP) is 1.25. The van der Waals surface area contributed by atoms with Gasteiger partial charge in [0.2, 0.25) is 0 Å². The summed E-state index contributed by atoms with van der Waals surface area (Å²) in [5.74, 6) is 0. The Balaban J connectivity index is 1.79. The van der Waals surface area contributed by atoms with Crippen LogP contribution in [0.5, 0.6) is 0 Å². The number of ether oxygens (including phenoxy) is 1. The summed E-state index contributed by atoms with van der Waals surface area (Å²) in [4.78, 5) is 11.7. The number of aliphatic hydroxyl groups excluding tert-OH is 1. The van der Waals surface area contributed by atoms with Crippen molar-refractivity contribution in [2.24, 2.45) is 7.05 Å². The van der Waals surface area contributed by atoms with Crippen molar-refractivity contribution in [2.75, 3.05) is 6.61 Å². The topological polar surface area (TPSA) is 76.4 Å². The van der Waals surface area contributed by atoms with Crippen molar-refractivity contribution in [3.05, 3.63) is 53.9 Å². The summed E-state index contributed by atoms with van der Waals surface area (Å²) >= 11 is 0. The molecule has 21 heavy (non-hydrogen) atoms. The molecule has 6 nitrogen and oxygen atoms in total. The number of nitrogens with zero attached hydrogens (tertiary/aromatic N) is 2. The third kappa shape index (κ3) is 4.92. The molecule has 2 N–H and O–H groups in total. The predicted molar refractivity (Wildman–Crippen MR) is 77.5 cm³/mol. The molecule has 0 fully saturated rings. The number of alkyl carbamates (subject to hydrolysis) is 1. The van der Waals surface area contributed by atoms with Gasteiger partial charge in [-0.1, -0.05) is 30.3 Å². The molecular formula is C15H19N3O3. The Bertz CT molecular complexity index is 569. The smallest absolute Gasteiger partial charge is 0.407 e. The van der Waals surface area contributed by atoms with Gasteiger partial charge in [-0.2, -0.15) is 5.10 Å². The lowest BCUT2D eigenvalue weighted by atomic mass is 10.1. The van der Waals surface area contributed by atoms with Crippen molar-refractivity contribution in [3.8, 4) is 0 Å². The average Bonchev–Trinajstić information content (AvgIpc) is 2.90. The number of carbonyl (C=O) groups is 1. The molecule has 1 unspecified atom stereocenters. The van der Waals surface area contributed by atoms with Crippen molar-refractivity contribution in [3.63, 3.8) is 0 Å². The Morgan fingerprint density at radius 3 is 2.76 bits per heavy atom. The summed E-state index contributed by atoms with van der Waals surface area (Å²) in [6.45, 7) is 0.0487. The van der Waals surface area contributed by atoms with E-state index in [9.17, 15) is 9.90 Å². The average molecular weight is 289 g/mol. The lowest BCUT2D eigenvalue weighted by Crippen LogP contribution is -2.39. The summed E-state index contributed by atoms with van der Waals surface area (Å²) in [6.07, 6.45) is 3.52. The monoisotopic (exact) mass is 289 g/mol. The second-order valence-electron chi connectivity index (χ2n) is 4.81. The number of aryl methyl sites for hydroxylation is 1. The Labute approximate surface area is 123 Å². The maximum atomic E-state index is 11.7. The van der Waals surface area contributed by atoms with Gasteiger partial charge in [-0.25, -0.2) is 4.79 Å². The quantitative estimate of drug-likeness (QED) is 0.839. The van der Waals surface area contributed by atoms with E-state index in [4.69, 9.17) is 4.74 Å². The van der Waals surface area contributed by atoms with Crippen LogP contribution in [0.2, 0.25) is 0 Å². The molecular weight excluding hydrogens is 270 g/mol. The molecule has 1 atom stereocenters. The van der Waals surface area contributed by atoms with Crippen LogP contribution >= 0.6 is 0 Å². The molecule has 112 valence electrons. The van der Waals surface area contributed by atoms with E-state index in [0.717, 1.165) is 11.1 Å². The normalized spacial score (nSPS) is 11.9. The molecule has 0 saturated heterocycles. The molecule has 0 aliphatic rings. The fourth-order valence-electron chi connectivity index (χ4n) is 1.95. The van der Waals surface area contributed by atoms with Crippen LogP contribution in [0.25, 0.3) is 0 Å².